The van der Waals surface area contributed by atoms with Crippen molar-refractivity contribution in [2.45, 2.75) is 67.2 Å². The van der Waals surface area contributed by atoms with Crippen LogP contribution in [-0.4, -0.2) is 0 Å². The second kappa shape index (κ2) is 7.96. The smallest absolute Gasteiger partial charge is 0.0178 e. The summed E-state index contributed by atoms with van der Waals surface area (Å²) in [5.74, 6) is 2.41. The minimum absolute atomic E-state index is 0.787. The topological polar surface area (TPSA) is 0 Å². The summed E-state index contributed by atoms with van der Waals surface area (Å²) in [5, 5.41) is 0. The van der Waals surface area contributed by atoms with Gasteiger partial charge in [-0.05, 0) is 43.9 Å². The summed E-state index contributed by atoms with van der Waals surface area (Å²) < 4.78 is 0. The molecule has 0 rings (SSSR count). The molecule has 0 aromatic rings. The van der Waals surface area contributed by atoms with Crippen LogP contribution in [0.2, 0.25) is 0 Å². The molecule has 0 heterocycles. The first-order chi connectivity index (χ1) is 7.02. The molecule has 0 nitrogen and oxygen atoms in total. The largest absolute Gasteiger partial charge is 0.0882 e. The summed E-state index contributed by atoms with van der Waals surface area (Å²) in [7, 11) is 0. The lowest BCUT2D eigenvalue weighted by Gasteiger charge is -2.26. The van der Waals surface area contributed by atoms with Crippen molar-refractivity contribution in [3.8, 4) is 0 Å². The van der Waals surface area contributed by atoms with Crippen LogP contribution in [0.1, 0.15) is 67.2 Å². The Balaban J connectivity index is 4.42. The Labute approximate surface area is 97.2 Å². The third-order valence-corrected chi connectivity index (χ3v) is 3.20. The maximum Gasteiger partial charge on any atom is -0.0178 e. The summed E-state index contributed by atoms with van der Waals surface area (Å²) in [6.45, 7) is 13.9. The molecule has 0 heteroatoms. The van der Waals surface area contributed by atoms with Crippen LogP contribution >= 0.6 is 0 Å². The molecule has 0 aliphatic heterocycles. The SMILES string of the molecule is C/C=C(\CCCC)C(CC(C)C)C(C)C. The summed E-state index contributed by atoms with van der Waals surface area (Å²) in [5.41, 5.74) is 1.69. The number of allylic oxidation sites excluding steroid dienone is 2. The molecule has 0 radical (unpaired) electrons. The van der Waals surface area contributed by atoms with Gasteiger partial charge in [0.05, 0.1) is 0 Å². The van der Waals surface area contributed by atoms with Crippen LogP contribution in [0.15, 0.2) is 11.6 Å². The molecule has 1 atom stereocenters. The fourth-order valence-corrected chi connectivity index (χ4v) is 2.28. The Morgan fingerprint density at radius 2 is 1.73 bits per heavy atom. The number of rotatable bonds is 7. The molecule has 90 valence electrons. The number of hydrogen-bond acceptors (Lipinski definition) is 0. The second-order valence-corrected chi connectivity index (χ2v) is 5.45. The van der Waals surface area contributed by atoms with E-state index in [1.807, 2.05) is 0 Å². The van der Waals surface area contributed by atoms with Gasteiger partial charge in [0.2, 0.25) is 0 Å². The molecule has 0 aliphatic carbocycles. The lowest BCUT2D eigenvalue weighted by molar-refractivity contribution is 0.353. The van der Waals surface area contributed by atoms with Crippen molar-refractivity contribution < 1.29 is 0 Å². The molecule has 0 fully saturated rings. The molecule has 0 aromatic carbocycles. The molecule has 0 aromatic heterocycles. The van der Waals surface area contributed by atoms with Gasteiger partial charge >= 0.3 is 0 Å². The van der Waals surface area contributed by atoms with Gasteiger partial charge < -0.3 is 0 Å². The Hall–Kier alpha value is -0.260. The van der Waals surface area contributed by atoms with Gasteiger partial charge in [0.25, 0.3) is 0 Å². The molecule has 0 saturated heterocycles. The third-order valence-electron chi connectivity index (χ3n) is 3.20. The fraction of sp³-hybridized carbons (Fsp3) is 0.867. The van der Waals surface area contributed by atoms with Crippen molar-refractivity contribution >= 4 is 0 Å². The van der Waals surface area contributed by atoms with E-state index in [-0.39, 0.29) is 0 Å². The highest BCUT2D eigenvalue weighted by Crippen LogP contribution is 2.30. The van der Waals surface area contributed by atoms with E-state index < -0.39 is 0 Å². The van der Waals surface area contributed by atoms with Gasteiger partial charge in [0, 0.05) is 0 Å². The first kappa shape index (κ1) is 14.7. The van der Waals surface area contributed by atoms with Crippen LogP contribution in [0, 0.1) is 17.8 Å². The first-order valence-corrected chi connectivity index (χ1v) is 6.67. The predicted molar refractivity (Wildman–Crippen MR) is 71.1 cm³/mol. The van der Waals surface area contributed by atoms with Crippen molar-refractivity contribution in [1.82, 2.24) is 0 Å². The van der Waals surface area contributed by atoms with E-state index in [1.165, 1.54) is 25.7 Å². The van der Waals surface area contributed by atoms with E-state index in [4.69, 9.17) is 0 Å². The van der Waals surface area contributed by atoms with Gasteiger partial charge in [0.15, 0.2) is 0 Å². The Bertz CT molecular complexity index is 174. The van der Waals surface area contributed by atoms with Crippen molar-refractivity contribution in [1.29, 1.82) is 0 Å². The van der Waals surface area contributed by atoms with E-state index in [1.54, 1.807) is 5.57 Å². The highest BCUT2D eigenvalue weighted by Gasteiger charge is 2.18. The molecule has 0 N–H and O–H groups in total. The molecule has 1 unspecified atom stereocenters. The average Bonchev–Trinajstić information content (AvgIpc) is 2.16. The van der Waals surface area contributed by atoms with Gasteiger partial charge in [-0.25, -0.2) is 0 Å². The molecule has 0 aliphatic rings. The molecular formula is C15H30. The van der Waals surface area contributed by atoms with E-state index >= 15 is 0 Å². The number of unbranched alkanes of at least 4 members (excludes halogenated alkanes) is 1. The minimum Gasteiger partial charge on any atom is -0.0882 e. The monoisotopic (exact) mass is 210 g/mol. The molecule has 0 saturated carbocycles. The molecule has 0 amide bonds. The van der Waals surface area contributed by atoms with Crippen LogP contribution in [0.4, 0.5) is 0 Å². The van der Waals surface area contributed by atoms with E-state index in [0.29, 0.717) is 0 Å². The molecular weight excluding hydrogens is 180 g/mol. The van der Waals surface area contributed by atoms with Crippen LogP contribution in [0.3, 0.4) is 0 Å². The molecule has 0 spiro atoms. The summed E-state index contributed by atoms with van der Waals surface area (Å²) >= 11 is 0. The Kier molecular flexibility index (Phi) is 7.82. The minimum atomic E-state index is 0.787. The van der Waals surface area contributed by atoms with Gasteiger partial charge in [-0.1, -0.05) is 52.7 Å². The lowest BCUT2D eigenvalue weighted by Crippen LogP contribution is -2.14. The highest BCUT2D eigenvalue weighted by molar-refractivity contribution is 5.06. The highest BCUT2D eigenvalue weighted by atomic mass is 14.2. The molecule has 15 heavy (non-hydrogen) atoms. The molecule has 0 bridgehead atoms. The van der Waals surface area contributed by atoms with Crippen molar-refractivity contribution in [2.24, 2.45) is 17.8 Å². The fourth-order valence-electron chi connectivity index (χ4n) is 2.28. The van der Waals surface area contributed by atoms with Crippen LogP contribution in [0.25, 0.3) is 0 Å². The maximum absolute atomic E-state index is 2.36. The zero-order chi connectivity index (χ0) is 11.8. The Morgan fingerprint density at radius 1 is 1.13 bits per heavy atom. The normalized spacial score (nSPS) is 15.1. The van der Waals surface area contributed by atoms with E-state index in [2.05, 4.69) is 47.6 Å². The first-order valence-electron chi connectivity index (χ1n) is 6.67. The van der Waals surface area contributed by atoms with E-state index in [9.17, 15) is 0 Å². The average molecular weight is 210 g/mol. The van der Waals surface area contributed by atoms with Crippen LogP contribution in [0.5, 0.6) is 0 Å². The summed E-state index contributed by atoms with van der Waals surface area (Å²) in [6, 6.07) is 0. The van der Waals surface area contributed by atoms with Gasteiger partial charge in [-0.15, -0.1) is 0 Å². The predicted octanol–water partition coefficient (Wildman–Crippen LogP) is 5.44. The van der Waals surface area contributed by atoms with Gasteiger partial charge in [-0.3, -0.25) is 0 Å². The van der Waals surface area contributed by atoms with Crippen molar-refractivity contribution in [3.05, 3.63) is 11.6 Å². The van der Waals surface area contributed by atoms with Crippen LogP contribution in [-0.2, 0) is 0 Å². The zero-order valence-electron chi connectivity index (χ0n) is 11.6. The number of hydrogen-bond donors (Lipinski definition) is 0. The van der Waals surface area contributed by atoms with Crippen molar-refractivity contribution in [3.63, 3.8) is 0 Å². The maximum atomic E-state index is 2.36. The van der Waals surface area contributed by atoms with E-state index in [0.717, 1.165) is 17.8 Å². The second-order valence-electron chi connectivity index (χ2n) is 5.45. The quantitative estimate of drug-likeness (QED) is 0.491. The van der Waals surface area contributed by atoms with Gasteiger partial charge in [-0.2, -0.15) is 0 Å². The standard InChI is InChI=1S/C15H30/c1-7-9-10-14(8-2)15(13(5)6)11-12(3)4/h8,12-13,15H,7,9-11H2,1-6H3/b14-8+. The summed E-state index contributed by atoms with van der Waals surface area (Å²) in [4.78, 5) is 0. The van der Waals surface area contributed by atoms with Crippen LogP contribution < -0.4 is 0 Å². The van der Waals surface area contributed by atoms with Gasteiger partial charge in [0.1, 0.15) is 0 Å². The third kappa shape index (κ3) is 6.02. The Morgan fingerprint density at radius 3 is 2.07 bits per heavy atom. The zero-order valence-corrected chi connectivity index (χ0v) is 11.6. The summed E-state index contributed by atoms with van der Waals surface area (Å²) in [6.07, 6.45) is 7.68. The lowest BCUT2D eigenvalue weighted by atomic mass is 9.80. The van der Waals surface area contributed by atoms with Crippen molar-refractivity contribution in [2.75, 3.05) is 0 Å².